The molecule has 0 aromatic carbocycles. The molecule has 0 amide bonds. The van der Waals surface area contributed by atoms with Crippen molar-refractivity contribution in [2.24, 2.45) is 7.05 Å². The van der Waals surface area contributed by atoms with Crippen LogP contribution in [0.5, 0.6) is 0 Å². The highest BCUT2D eigenvalue weighted by atomic mass is 19.3. The zero-order valence-corrected chi connectivity index (χ0v) is 14.4. The first-order valence-electron chi connectivity index (χ1n) is 8.53. The van der Waals surface area contributed by atoms with E-state index in [0.717, 1.165) is 22.4 Å². The van der Waals surface area contributed by atoms with Crippen LogP contribution in [0, 0.1) is 0 Å². The van der Waals surface area contributed by atoms with Gasteiger partial charge in [-0.1, -0.05) is 0 Å². The predicted molar refractivity (Wildman–Crippen MR) is 93.2 cm³/mol. The number of hydrogen-bond acceptors (Lipinski definition) is 4. The van der Waals surface area contributed by atoms with E-state index in [9.17, 15) is 13.6 Å². The maximum atomic E-state index is 12.8. The lowest BCUT2D eigenvalue weighted by Gasteiger charge is -2.38. The summed E-state index contributed by atoms with van der Waals surface area (Å²) in [4.78, 5) is 21.5. The molecule has 1 aliphatic rings. The molecule has 6 nitrogen and oxygen atoms in total. The number of carbonyl (C=O) groups is 1. The predicted octanol–water partition coefficient (Wildman–Crippen LogP) is 2.88. The fraction of sp³-hybridized carbons (Fsp3) is 0.389. The number of carbonyl (C=O) groups excluding carboxylic acids is 1. The summed E-state index contributed by atoms with van der Waals surface area (Å²) in [5, 5.41) is 5.29. The number of alkyl halides is 2. The maximum Gasteiger partial charge on any atom is 0.272 e. The van der Waals surface area contributed by atoms with Crippen molar-refractivity contribution in [3.05, 3.63) is 36.2 Å². The lowest BCUT2D eigenvalue weighted by Crippen LogP contribution is -2.56. The number of halogens is 2. The van der Waals surface area contributed by atoms with Gasteiger partial charge in [0.25, 0.3) is 5.92 Å². The minimum absolute atomic E-state index is 0.0756. The van der Waals surface area contributed by atoms with Gasteiger partial charge in [0, 0.05) is 25.1 Å². The number of fused-ring (bicyclic) bond motifs is 1. The van der Waals surface area contributed by atoms with E-state index in [1.165, 1.54) is 0 Å². The minimum Gasteiger partial charge on any atom is -0.338 e. The second-order valence-corrected chi connectivity index (χ2v) is 6.76. The van der Waals surface area contributed by atoms with Crippen LogP contribution in [0.3, 0.4) is 0 Å². The van der Waals surface area contributed by atoms with E-state index < -0.39 is 5.92 Å². The van der Waals surface area contributed by atoms with Crippen LogP contribution >= 0.6 is 0 Å². The van der Waals surface area contributed by atoms with Gasteiger partial charge in [-0.2, -0.15) is 5.10 Å². The molecule has 0 atom stereocenters. The third kappa shape index (κ3) is 3.24. The van der Waals surface area contributed by atoms with Crippen molar-refractivity contribution < 1.29 is 13.6 Å². The van der Waals surface area contributed by atoms with E-state index in [4.69, 9.17) is 0 Å². The Labute approximate surface area is 148 Å². The minimum atomic E-state index is -2.56. The van der Waals surface area contributed by atoms with Crippen molar-refractivity contribution >= 4 is 16.8 Å². The molecule has 8 heteroatoms. The fourth-order valence-corrected chi connectivity index (χ4v) is 3.31. The largest absolute Gasteiger partial charge is 0.338 e. The zero-order valence-electron chi connectivity index (χ0n) is 14.4. The quantitative estimate of drug-likeness (QED) is 0.687. The van der Waals surface area contributed by atoms with Gasteiger partial charge in [-0.15, -0.1) is 0 Å². The molecule has 3 aromatic heterocycles. The van der Waals surface area contributed by atoms with Crippen molar-refractivity contribution in [2.45, 2.75) is 18.8 Å². The number of Topliss-reactive ketones (excluding diaryl/α,β-unsaturated/α-hetero) is 1. The monoisotopic (exact) mass is 359 g/mol. The van der Waals surface area contributed by atoms with E-state index in [0.29, 0.717) is 25.1 Å². The van der Waals surface area contributed by atoms with E-state index in [1.807, 2.05) is 18.2 Å². The number of aryl methyl sites for hydroxylation is 1. The number of nitrogens with one attached hydrogen (secondary N) is 1. The molecule has 4 heterocycles. The van der Waals surface area contributed by atoms with Crippen molar-refractivity contribution in [2.75, 3.05) is 19.6 Å². The maximum absolute atomic E-state index is 12.8. The first-order valence-corrected chi connectivity index (χ1v) is 8.53. The number of H-pyrrole nitrogens is 1. The molecule has 0 radical (unpaired) electrons. The number of likely N-dealkylation sites (tertiary alicyclic amines) is 1. The number of aromatic amines is 1. The molecule has 0 bridgehead atoms. The lowest BCUT2D eigenvalue weighted by atomic mass is 10.1. The van der Waals surface area contributed by atoms with Gasteiger partial charge in [-0.3, -0.25) is 14.4 Å². The van der Waals surface area contributed by atoms with Crippen LogP contribution in [-0.4, -0.2) is 56.0 Å². The van der Waals surface area contributed by atoms with Crippen LogP contribution in [0.1, 0.15) is 23.3 Å². The summed E-state index contributed by atoms with van der Waals surface area (Å²) in [6.45, 7) is 0.0986. The van der Waals surface area contributed by atoms with Crippen LogP contribution in [-0.2, 0) is 7.05 Å². The van der Waals surface area contributed by atoms with Gasteiger partial charge in [0.15, 0.2) is 5.78 Å². The third-order valence-electron chi connectivity index (χ3n) is 4.62. The Kier molecular flexibility index (Phi) is 4.07. The fourth-order valence-electron chi connectivity index (χ4n) is 3.31. The van der Waals surface area contributed by atoms with Crippen LogP contribution < -0.4 is 0 Å². The summed E-state index contributed by atoms with van der Waals surface area (Å²) in [6, 6.07) is 7.55. The molecule has 0 aliphatic carbocycles. The van der Waals surface area contributed by atoms with E-state index in [2.05, 4.69) is 15.1 Å². The number of ketones is 1. The topological polar surface area (TPSA) is 66.8 Å². The highest BCUT2D eigenvalue weighted by Crippen LogP contribution is 2.27. The zero-order chi connectivity index (χ0) is 18.3. The number of rotatable bonds is 6. The van der Waals surface area contributed by atoms with Gasteiger partial charge in [-0.05, 0) is 37.2 Å². The summed E-state index contributed by atoms with van der Waals surface area (Å²) in [5.74, 6) is -2.64. The smallest absolute Gasteiger partial charge is 0.272 e. The van der Waals surface area contributed by atoms with Crippen molar-refractivity contribution in [1.82, 2.24) is 24.6 Å². The average molecular weight is 359 g/mol. The number of hydrogen-bond donors (Lipinski definition) is 1. The summed E-state index contributed by atoms with van der Waals surface area (Å²) < 4.78 is 27.3. The Morgan fingerprint density at radius 2 is 2.15 bits per heavy atom. The molecular weight excluding hydrogens is 340 g/mol. The van der Waals surface area contributed by atoms with Gasteiger partial charge in [0.1, 0.15) is 11.3 Å². The van der Waals surface area contributed by atoms with Gasteiger partial charge < -0.3 is 4.98 Å². The van der Waals surface area contributed by atoms with Crippen LogP contribution in [0.4, 0.5) is 8.78 Å². The van der Waals surface area contributed by atoms with Crippen LogP contribution in [0.25, 0.3) is 22.4 Å². The Morgan fingerprint density at radius 1 is 1.35 bits per heavy atom. The van der Waals surface area contributed by atoms with Gasteiger partial charge >= 0.3 is 0 Å². The second kappa shape index (κ2) is 6.28. The standard InChI is InChI=1S/C18H19F2N5O/c1-24-15(13-8-12-4-2-6-21-17(12)22-13)9-14(23-24)16(26)5-3-7-25-10-18(19,20)11-25/h2,4,6,8-9H,3,5,7,10-11H2,1H3,(H,21,22). The van der Waals surface area contributed by atoms with Gasteiger partial charge in [0.2, 0.25) is 0 Å². The van der Waals surface area contributed by atoms with Crippen LogP contribution in [0.15, 0.2) is 30.5 Å². The van der Waals surface area contributed by atoms with E-state index >= 15 is 0 Å². The first-order chi connectivity index (χ1) is 12.4. The first kappa shape index (κ1) is 16.8. The molecule has 1 aliphatic heterocycles. The Balaban J connectivity index is 1.41. The summed E-state index contributed by atoms with van der Waals surface area (Å²) in [5.41, 5.74) is 2.82. The number of aromatic nitrogens is 4. The lowest BCUT2D eigenvalue weighted by molar-refractivity contribution is -0.130. The van der Waals surface area contributed by atoms with E-state index in [1.54, 1.807) is 28.9 Å². The van der Waals surface area contributed by atoms with E-state index in [-0.39, 0.29) is 18.9 Å². The number of pyridine rings is 1. The van der Waals surface area contributed by atoms with Gasteiger partial charge in [0.05, 0.1) is 24.5 Å². The summed E-state index contributed by atoms with van der Waals surface area (Å²) in [7, 11) is 1.78. The molecular formula is C18H19F2N5O. The highest BCUT2D eigenvalue weighted by Gasteiger charge is 2.43. The Morgan fingerprint density at radius 3 is 2.88 bits per heavy atom. The van der Waals surface area contributed by atoms with Crippen LogP contribution in [0.2, 0.25) is 0 Å². The molecule has 0 saturated carbocycles. The molecule has 1 saturated heterocycles. The molecule has 136 valence electrons. The molecule has 3 aromatic rings. The molecule has 0 unspecified atom stereocenters. The summed E-state index contributed by atoms with van der Waals surface area (Å²) in [6.07, 6.45) is 2.57. The van der Waals surface area contributed by atoms with Crippen molar-refractivity contribution in [3.63, 3.8) is 0 Å². The van der Waals surface area contributed by atoms with Crippen molar-refractivity contribution in [3.8, 4) is 11.4 Å². The third-order valence-corrected chi connectivity index (χ3v) is 4.62. The summed E-state index contributed by atoms with van der Waals surface area (Å²) >= 11 is 0. The Hall–Kier alpha value is -2.61. The molecule has 4 rings (SSSR count). The SMILES string of the molecule is Cn1nc(C(=O)CCCN2CC(F)(F)C2)cc1-c1cc2cccnc2[nH]1. The number of nitrogens with zero attached hydrogens (tertiary/aromatic N) is 4. The van der Waals surface area contributed by atoms with Gasteiger partial charge in [-0.25, -0.2) is 13.8 Å². The Bertz CT molecular complexity index is 921. The molecule has 1 fully saturated rings. The average Bonchev–Trinajstić information content (AvgIpc) is 3.16. The molecule has 0 spiro atoms. The second-order valence-electron chi connectivity index (χ2n) is 6.76. The molecule has 26 heavy (non-hydrogen) atoms. The molecule has 1 N–H and O–H groups in total. The van der Waals surface area contributed by atoms with Crippen molar-refractivity contribution in [1.29, 1.82) is 0 Å². The normalized spacial score (nSPS) is 16.7. The highest BCUT2D eigenvalue weighted by molar-refractivity contribution is 5.95.